The molecule has 0 radical (unpaired) electrons. The van der Waals surface area contributed by atoms with Crippen LogP contribution in [0, 0.1) is 28.4 Å². The largest absolute Gasteiger partial charge is 0.444 e. The van der Waals surface area contributed by atoms with Gasteiger partial charge in [0, 0.05) is 19.2 Å². The number of piperidine rings is 1. The van der Waals surface area contributed by atoms with E-state index in [1.807, 2.05) is 0 Å². The first-order valence-electron chi connectivity index (χ1n) is 7.97. The van der Waals surface area contributed by atoms with Crippen LogP contribution in [-0.2, 0) is 11.2 Å². The van der Waals surface area contributed by atoms with Crippen LogP contribution in [0.5, 0.6) is 0 Å². The second-order valence-corrected chi connectivity index (χ2v) is 7.31. The van der Waals surface area contributed by atoms with E-state index in [0.29, 0.717) is 31.5 Å². The Morgan fingerprint density at radius 1 is 1.25 bits per heavy atom. The van der Waals surface area contributed by atoms with Crippen molar-refractivity contribution in [3.63, 3.8) is 0 Å². The van der Waals surface area contributed by atoms with Crippen LogP contribution in [0.2, 0.25) is 0 Å². The van der Waals surface area contributed by atoms with Crippen molar-refractivity contribution in [2.45, 2.75) is 45.6 Å². The van der Waals surface area contributed by atoms with E-state index < -0.39 is 28.7 Å². The molecule has 0 N–H and O–H groups in total. The molecule has 1 aromatic carbocycles. The van der Waals surface area contributed by atoms with Crippen LogP contribution in [0.15, 0.2) is 18.2 Å². The summed E-state index contributed by atoms with van der Waals surface area (Å²) >= 11 is 0. The average molecular weight is 336 g/mol. The number of nitriles is 1. The summed E-state index contributed by atoms with van der Waals surface area (Å²) in [5, 5.41) is 9.58. The summed E-state index contributed by atoms with van der Waals surface area (Å²) in [6, 6.07) is 5.61. The number of carbonyl (C=O) groups excluding carboxylic acids is 1. The number of rotatable bonds is 2. The molecule has 1 heterocycles. The van der Waals surface area contributed by atoms with Crippen LogP contribution in [0.3, 0.4) is 0 Å². The molecule has 0 saturated carbocycles. The molecular weight excluding hydrogens is 314 g/mol. The number of hydrogen-bond donors (Lipinski definition) is 0. The van der Waals surface area contributed by atoms with Crippen LogP contribution in [0.25, 0.3) is 0 Å². The summed E-state index contributed by atoms with van der Waals surface area (Å²) in [5.74, 6) is -1.30. The highest BCUT2D eigenvalue weighted by atomic mass is 19.1. The Morgan fingerprint density at radius 2 is 1.79 bits per heavy atom. The van der Waals surface area contributed by atoms with E-state index >= 15 is 0 Å². The lowest BCUT2D eigenvalue weighted by Crippen LogP contribution is -2.45. The summed E-state index contributed by atoms with van der Waals surface area (Å²) < 4.78 is 32.0. The van der Waals surface area contributed by atoms with Gasteiger partial charge in [0.25, 0.3) is 0 Å². The zero-order valence-electron chi connectivity index (χ0n) is 14.2. The minimum atomic E-state index is -0.723. The summed E-state index contributed by atoms with van der Waals surface area (Å²) in [6.07, 6.45) is 0.757. The van der Waals surface area contributed by atoms with Gasteiger partial charge in [-0.25, -0.2) is 13.6 Å². The lowest BCUT2D eigenvalue weighted by Gasteiger charge is -2.37. The third kappa shape index (κ3) is 4.67. The fourth-order valence-corrected chi connectivity index (χ4v) is 2.88. The summed E-state index contributed by atoms with van der Waals surface area (Å²) in [5.41, 5.74) is -0.835. The molecule has 130 valence electrons. The van der Waals surface area contributed by atoms with Crippen molar-refractivity contribution in [3.05, 3.63) is 35.4 Å². The summed E-state index contributed by atoms with van der Waals surface area (Å²) in [6.45, 7) is 6.17. The lowest BCUT2D eigenvalue weighted by atomic mass is 9.75. The molecule has 0 bridgehead atoms. The Kier molecular flexibility index (Phi) is 5.12. The van der Waals surface area contributed by atoms with Gasteiger partial charge in [0.15, 0.2) is 0 Å². The first-order valence-corrected chi connectivity index (χ1v) is 7.97. The van der Waals surface area contributed by atoms with E-state index in [1.165, 1.54) is 12.1 Å². The molecule has 0 aliphatic carbocycles. The number of amides is 1. The van der Waals surface area contributed by atoms with Crippen LogP contribution in [-0.4, -0.2) is 29.7 Å². The van der Waals surface area contributed by atoms with Gasteiger partial charge in [0.2, 0.25) is 0 Å². The van der Waals surface area contributed by atoms with E-state index in [4.69, 9.17) is 4.74 Å². The number of ether oxygens (including phenoxy) is 1. The molecule has 1 saturated heterocycles. The van der Waals surface area contributed by atoms with E-state index in [2.05, 4.69) is 6.07 Å². The molecule has 0 aromatic heterocycles. The van der Waals surface area contributed by atoms with E-state index in [0.717, 1.165) is 6.07 Å². The van der Waals surface area contributed by atoms with Gasteiger partial charge in [-0.3, -0.25) is 0 Å². The SMILES string of the molecule is CC(C)(C)OC(=O)N1CCC(C#N)(Cc2cc(F)cc(F)c2)CC1. The van der Waals surface area contributed by atoms with E-state index in [-0.39, 0.29) is 6.42 Å². The normalized spacial score (nSPS) is 17.2. The van der Waals surface area contributed by atoms with Crippen LogP contribution < -0.4 is 0 Å². The van der Waals surface area contributed by atoms with Crippen molar-refractivity contribution >= 4 is 6.09 Å². The zero-order chi connectivity index (χ0) is 18.0. The van der Waals surface area contributed by atoms with Gasteiger partial charge in [-0.1, -0.05) is 0 Å². The summed E-state index contributed by atoms with van der Waals surface area (Å²) in [4.78, 5) is 13.7. The maximum absolute atomic E-state index is 13.3. The molecule has 24 heavy (non-hydrogen) atoms. The van der Waals surface area contributed by atoms with Gasteiger partial charge in [-0.15, -0.1) is 0 Å². The quantitative estimate of drug-likeness (QED) is 0.819. The first kappa shape index (κ1) is 18.2. The standard InChI is InChI=1S/C18H22F2N2O2/c1-17(2,3)24-16(23)22-6-4-18(12-21,5-7-22)11-13-8-14(19)10-15(20)9-13/h8-10H,4-7,11H2,1-3H3. The molecular formula is C18H22F2N2O2. The number of likely N-dealkylation sites (tertiary alicyclic amines) is 1. The molecule has 0 unspecified atom stereocenters. The third-order valence-corrected chi connectivity index (χ3v) is 4.07. The molecule has 2 rings (SSSR count). The summed E-state index contributed by atoms with van der Waals surface area (Å²) in [7, 11) is 0. The Morgan fingerprint density at radius 3 is 2.25 bits per heavy atom. The molecule has 0 atom stereocenters. The van der Waals surface area contributed by atoms with Crippen molar-refractivity contribution in [3.8, 4) is 6.07 Å². The first-order chi connectivity index (χ1) is 11.1. The van der Waals surface area contributed by atoms with Gasteiger partial charge in [-0.05, 0) is 57.7 Å². The third-order valence-electron chi connectivity index (χ3n) is 4.07. The molecule has 1 aliphatic rings. The van der Waals surface area contributed by atoms with Crippen LogP contribution in [0.4, 0.5) is 13.6 Å². The maximum Gasteiger partial charge on any atom is 0.410 e. The highest BCUT2D eigenvalue weighted by molar-refractivity contribution is 5.68. The highest BCUT2D eigenvalue weighted by Gasteiger charge is 2.37. The Labute approximate surface area is 141 Å². The van der Waals surface area contributed by atoms with Gasteiger partial charge < -0.3 is 9.64 Å². The smallest absolute Gasteiger partial charge is 0.410 e. The van der Waals surface area contributed by atoms with Crippen molar-refractivity contribution in [2.24, 2.45) is 5.41 Å². The second-order valence-electron chi connectivity index (χ2n) is 7.31. The Bertz CT molecular complexity index is 634. The van der Waals surface area contributed by atoms with Gasteiger partial charge in [-0.2, -0.15) is 5.26 Å². The fraction of sp³-hybridized carbons (Fsp3) is 0.556. The maximum atomic E-state index is 13.3. The van der Waals surface area contributed by atoms with Crippen molar-refractivity contribution in [1.29, 1.82) is 5.26 Å². The van der Waals surface area contributed by atoms with Crippen LogP contribution >= 0.6 is 0 Å². The minimum Gasteiger partial charge on any atom is -0.444 e. The number of hydrogen-bond acceptors (Lipinski definition) is 3. The van der Waals surface area contributed by atoms with Crippen molar-refractivity contribution in [2.75, 3.05) is 13.1 Å². The molecule has 6 heteroatoms. The molecule has 1 amide bonds. The average Bonchev–Trinajstić information content (AvgIpc) is 2.45. The van der Waals surface area contributed by atoms with Gasteiger partial charge in [0.05, 0.1) is 11.5 Å². The van der Waals surface area contributed by atoms with E-state index in [1.54, 1.807) is 25.7 Å². The van der Waals surface area contributed by atoms with Crippen molar-refractivity contribution < 1.29 is 18.3 Å². The molecule has 1 fully saturated rings. The fourth-order valence-electron chi connectivity index (χ4n) is 2.88. The Balaban J connectivity index is 2.04. The minimum absolute atomic E-state index is 0.264. The highest BCUT2D eigenvalue weighted by Crippen LogP contribution is 2.35. The molecule has 1 aromatic rings. The number of carbonyl (C=O) groups is 1. The van der Waals surface area contributed by atoms with Gasteiger partial charge in [0.1, 0.15) is 17.2 Å². The zero-order valence-corrected chi connectivity index (χ0v) is 14.2. The van der Waals surface area contributed by atoms with Crippen LogP contribution in [0.1, 0.15) is 39.2 Å². The number of halogens is 2. The number of benzene rings is 1. The predicted octanol–water partition coefficient (Wildman–Crippen LogP) is 4.05. The number of nitrogens with zero attached hydrogens (tertiary/aromatic N) is 2. The topological polar surface area (TPSA) is 53.3 Å². The van der Waals surface area contributed by atoms with E-state index in [9.17, 15) is 18.8 Å². The Hall–Kier alpha value is -2.16. The molecule has 0 spiro atoms. The second kappa shape index (κ2) is 6.76. The molecule has 1 aliphatic heterocycles. The van der Waals surface area contributed by atoms with Crippen molar-refractivity contribution in [1.82, 2.24) is 4.90 Å². The predicted molar refractivity (Wildman–Crippen MR) is 85.1 cm³/mol. The monoisotopic (exact) mass is 336 g/mol. The van der Waals surface area contributed by atoms with Gasteiger partial charge >= 0.3 is 6.09 Å². The lowest BCUT2D eigenvalue weighted by molar-refractivity contribution is 0.0148. The molecule has 4 nitrogen and oxygen atoms in total.